The fraction of sp³-hybridized carbons (Fsp3) is 0.267. The summed E-state index contributed by atoms with van der Waals surface area (Å²) in [5.74, 6) is 0.619. The number of hydrogen-bond donors (Lipinski definition) is 1. The van der Waals surface area contributed by atoms with Crippen LogP contribution in [-0.2, 0) is 6.42 Å². The fourth-order valence-corrected chi connectivity index (χ4v) is 3.83. The van der Waals surface area contributed by atoms with Gasteiger partial charge < -0.3 is 9.47 Å². The van der Waals surface area contributed by atoms with Crippen molar-refractivity contribution in [1.82, 2.24) is 4.98 Å². The number of carbonyl (C=O) groups excluding carboxylic acids is 2. The maximum Gasteiger partial charge on any atom is 0.257 e. The van der Waals surface area contributed by atoms with Crippen LogP contribution in [0.15, 0.2) is 12.1 Å². The summed E-state index contributed by atoms with van der Waals surface area (Å²) in [4.78, 5) is 29.2. The smallest absolute Gasteiger partial charge is 0.257 e. The molecule has 1 aromatic carbocycles. The monoisotopic (exact) mass is 350 g/mol. The number of fused-ring (bicyclic) bond motifs is 2. The van der Waals surface area contributed by atoms with Gasteiger partial charge in [0.15, 0.2) is 22.4 Å². The van der Waals surface area contributed by atoms with Crippen LogP contribution in [0.5, 0.6) is 11.5 Å². The van der Waals surface area contributed by atoms with Gasteiger partial charge in [0.25, 0.3) is 5.91 Å². The summed E-state index contributed by atoms with van der Waals surface area (Å²) in [7, 11) is 0. The van der Waals surface area contributed by atoms with E-state index in [1.807, 2.05) is 0 Å². The van der Waals surface area contributed by atoms with E-state index in [1.165, 1.54) is 17.4 Å². The Labute approximate surface area is 140 Å². The Hall–Kier alpha value is -2.12. The fourth-order valence-electron chi connectivity index (χ4n) is 2.59. The van der Waals surface area contributed by atoms with Gasteiger partial charge in [0.1, 0.15) is 0 Å². The zero-order chi connectivity index (χ0) is 16.0. The molecule has 118 valence electrons. The molecule has 0 fully saturated rings. The van der Waals surface area contributed by atoms with E-state index in [1.54, 1.807) is 6.07 Å². The van der Waals surface area contributed by atoms with Crippen LogP contribution in [0.2, 0.25) is 5.02 Å². The van der Waals surface area contributed by atoms with Gasteiger partial charge in [0.2, 0.25) is 6.79 Å². The molecule has 0 spiro atoms. The number of hydrogen-bond acceptors (Lipinski definition) is 6. The number of ketones is 1. The highest BCUT2D eigenvalue weighted by Gasteiger charge is 2.24. The molecule has 2 aromatic rings. The lowest BCUT2D eigenvalue weighted by atomic mass is 10.0. The number of carbonyl (C=O) groups is 2. The molecule has 0 radical (unpaired) electrons. The van der Waals surface area contributed by atoms with E-state index < -0.39 is 0 Å². The van der Waals surface area contributed by atoms with Gasteiger partial charge in [-0.1, -0.05) is 22.9 Å². The van der Waals surface area contributed by atoms with Crippen LogP contribution < -0.4 is 14.8 Å². The lowest BCUT2D eigenvalue weighted by Crippen LogP contribution is -2.12. The SMILES string of the molecule is O=C(Nc1nc2c(s1)C(=O)CCC2)c1cc(Cl)c2c(c1)OCO2. The molecular weight excluding hydrogens is 340 g/mol. The number of rotatable bonds is 2. The third-order valence-electron chi connectivity index (χ3n) is 3.68. The highest BCUT2D eigenvalue weighted by molar-refractivity contribution is 7.17. The molecule has 6 nitrogen and oxygen atoms in total. The van der Waals surface area contributed by atoms with Crippen molar-refractivity contribution in [2.24, 2.45) is 0 Å². The lowest BCUT2D eigenvalue weighted by molar-refractivity contribution is 0.0975. The van der Waals surface area contributed by atoms with Crippen LogP contribution in [0, 0.1) is 0 Å². The number of ether oxygens (including phenoxy) is 2. The van der Waals surface area contributed by atoms with Gasteiger partial charge in [-0.05, 0) is 25.0 Å². The lowest BCUT2D eigenvalue weighted by Gasteiger charge is -2.05. The summed E-state index contributed by atoms with van der Waals surface area (Å²) in [5.41, 5.74) is 1.11. The molecule has 0 atom stereocenters. The van der Waals surface area contributed by atoms with Crippen molar-refractivity contribution in [2.75, 3.05) is 12.1 Å². The predicted molar refractivity (Wildman–Crippen MR) is 84.9 cm³/mol. The second-order valence-corrected chi connectivity index (χ2v) is 6.62. The van der Waals surface area contributed by atoms with Crippen molar-refractivity contribution in [3.8, 4) is 11.5 Å². The van der Waals surface area contributed by atoms with Crippen LogP contribution in [0.4, 0.5) is 5.13 Å². The maximum atomic E-state index is 12.4. The van der Waals surface area contributed by atoms with Crippen molar-refractivity contribution in [3.63, 3.8) is 0 Å². The highest BCUT2D eigenvalue weighted by atomic mass is 35.5. The second-order valence-electron chi connectivity index (χ2n) is 5.22. The molecule has 1 amide bonds. The summed E-state index contributed by atoms with van der Waals surface area (Å²) in [6, 6.07) is 3.09. The Morgan fingerprint density at radius 3 is 3.00 bits per heavy atom. The number of aryl methyl sites for hydroxylation is 1. The number of anilines is 1. The molecule has 0 saturated carbocycles. The van der Waals surface area contributed by atoms with Gasteiger partial charge in [-0.2, -0.15) is 0 Å². The molecule has 0 bridgehead atoms. The molecule has 23 heavy (non-hydrogen) atoms. The first-order valence-electron chi connectivity index (χ1n) is 7.05. The number of Topliss-reactive ketones (excluding diaryl/α,β-unsaturated/α-hetero) is 1. The van der Waals surface area contributed by atoms with Crippen LogP contribution in [0.25, 0.3) is 0 Å². The zero-order valence-electron chi connectivity index (χ0n) is 11.8. The van der Waals surface area contributed by atoms with Gasteiger partial charge in [-0.15, -0.1) is 0 Å². The molecule has 1 aliphatic heterocycles. The topological polar surface area (TPSA) is 77.5 Å². The van der Waals surface area contributed by atoms with Crippen molar-refractivity contribution < 1.29 is 19.1 Å². The van der Waals surface area contributed by atoms with Crippen LogP contribution >= 0.6 is 22.9 Å². The molecule has 1 N–H and O–H groups in total. The molecule has 1 aromatic heterocycles. The summed E-state index contributed by atoms with van der Waals surface area (Å²) in [6.07, 6.45) is 2.12. The first-order valence-corrected chi connectivity index (χ1v) is 8.24. The minimum absolute atomic E-state index is 0.0848. The van der Waals surface area contributed by atoms with Crippen molar-refractivity contribution in [1.29, 1.82) is 0 Å². The second kappa shape index (κ2) is 5.50. The minimum atomic E-state index is -0.358. The molecular formula is C15H11ClN2O4S. The van der Waals surface area contributed by atoms with Gasteiger partial charge in [-0.3, -0.25) is 14.9 Å². The van der Waals surface area contributed by atoms with Gasteiger partial charge in [0, 0.05) is 12.0 Å². The van der Waals surface area contributed by atoms with Crippen LogP contribution in [0.3, 0.4) is 0 Å². The number of nitrogens with one attached hydrogen (secondary N) is 1. The Balaban J connectivity index is 1.59. The maximum absolute atomic E-state index is 12.4. The molecule has 0 unspecified atom stereocenters. The first kappa shape index (κ1) is 14.5. The van der Waals surface area contributed by atoms with Crippen molar-refractivity contribution >= 4 is 39.8 Å². The summed E-state index contributed by atoms with van der Waals surface area (Å²) < 4.78 is 10.5. The van der Waals surface area contributed by atoms with E-state index in [2.05, 4.69) is 10.3 Å². The Morgan fingerprint density at radius 2 is 2.17 bits per heavy atom. The summed E-state index contributed by atoms with van der Waals surface area (Å²) in [6.45, 7) is 0.0848. The third-order valence-corrected chi connectivity index (χ3v) is 5.01. The minimum Gasteiger partial charge on any atom is -0.454 e. The van der Waals surface area contributed by atoms with Crippen LogP contribution in [0.1, 0.15) is 38.6 Å². The highest BCUT2D eigenvalue weighted by Crippen LogP contribution is 2.40. The van der Waals surface area contributed by atoms with Gasteiger partial charge in [-0.25, -0.2) is 4.98 Å². The number of nitrogens with zero attached hydrogens (tertiary/aromatic N) is 1. The van der Waals surface area contributed by atoms with E-state index >= 15 is 0 Å². The quantitative estimate of drug-likeness (QED) is 0.899. The molecule has 4 rings (SSSR count). The van der Waals surface area contributed by atoms with E-state index in [9.17, 15) is 9.59 Å². The summed E-state index contributed by atoms with van der Waals surface area (Å²) in [5, 5.41) is 3.45. The Bertz CT molecular complexity index is 833. The molecule has 0 saturated heterocycles. The standard InChI is InChI=1S/C15H11ClN2O4S/c16-8-4-7(5-11-12(8)22-6-21-11)14(20)18-15-17-9-2-1-3-10(19)13(9)23-15/h4-5H,1-3,6H2,(H,17,18,20). The van der Waals surface area contributed by atoms with Crippen molar-refractivity contribution in [2.45, 2.75) is 19.3 Å². The van der Waals surface area contributed by atoms with Gasteiger partial charge in [0.05, 0.1) is 15.6 Å². The van der Waals surface area contributed by atoms with Crippen molar-refractivity contribution in [3.05, 3.63) is 33.3 Å². The van der Waals surface area contributed by atoms with E-state index in [0.717, 1.165) is 18.5 Å². The molecule has 8 heteroatoms. The van der Waals surface area contributed by atoms with Crippen LogP contribution in [-0.4, -0.2) is 23.5 Å². The average Bonchev–Trinajstić information content (AvgIpc) is 3.14. The van der Waals surface area contributed by atoms with Gasteiger partial charge >= 0.3 is 0 Å². The normalized spacial score (nSPS) is 15.4. The Morgan fingerprint density at radius 1 is 1.30 bits per heavy atom. The largest absolute Gasteiger partial charge is 0.454 e. The first-order chi connectivity index (χ1) is 11.1. The van der Waals surface area contributed by atoms with E-state index in [-0.39, 0.29) is 18.5 Å². The predicted octanol–water partition coefficient (Wildman–Crippen LogP) is 3.30. The van der Waals surface area contributed by atoms with E-state index in [4.69, 9.17) is 21.1 Å². The number of thiazole rings is 1. The molecule has 2 heterocycles. The Kier molecular flexibility index (Phi) is 3.46. The zero-order valence-corrected chi connectivity index (χ0v) is 13.4. The van der Waals surface area contributed by atoms with E-state index in [0.29, 0.717) is 38.5 Å². The third kappa shape index (κ3) is 2.55. The number of benzene rings is 1. The summed E-state index contributed by atoms with van der Waals surface area (Å²) >= 11 is 7.30. The molecule has 2 aliphatic rings. The number of amides is 1. The number of aromatic nitrogens is 1. The average molecular weight is 351 g/mol. The number of halogens is 1. The molecule has 1 aliphatic carbocycles.